The summed E-state index contributed by atoms with van der Waals surface area (Å²) in [7, 11) is 0. The summed E-state index contributed by atoms with van der Waals surface area (Å²) in [5, 5.41) is 2.54. The third-order valence-electron chi connectivity index (χ3n) is 2.61. The van der Waals surface area contributed by atoms with Crippen LogP contribution in [0.2, 0.25) is 0 Å². The second-order valence-corrected chi connectivity index (χ2v) is 4.75. The molecule has 4 heteroatoms. The summed E-state index contributed by atoms with van der Waals surface area (Å²) in [5.41, 5.74) is -0.241. The van der Waals surface area contributed by atoms with Crippen molar-refractivity contribution in [2.45, 2.75) is 44.8 Å². The van der Waals surface area contributed by atoms with Crippen molar-refractivity contribution < 1.29 is 9.59 Å². The minimum Gasteiger partial charge on any atom is -0.347 e. The minimum absolute atomic E-state index is 0.00921. The summed E-state index contributed by atoms with van der Waals surface area (Å²) in [5.74, 6) is -0.0282. The molecule has 0 bridgehead atoms. The zero-order valence-electron chi connectivity index (χ0n) is 9.49. The van der Waals surface area contributed by atoms with Gasteiger partial charge in [0.1, 0.15) is 6.04 Å². The van der Waals surface area contributed by atoms with Crippen LogP contribution < -0.4 is 5.32 Å². The van der Waals surface area contributed by atoms with Crippen molar-refractivity contribution in [1.82, 2.24) is 10.2 Å². The number of carbonyl (C=O) groups is 2. The van der Waals surface area contributed by atoms with Crippen LogP contribution in [-0.4, -0.2) is 34.8 Å². The van der Waals surface area contributed by atoms with Crippen LogP contribution >= 0.6 is 0 Å². The molecule has 1 aliphatic heterocycles. The van der Waals surface area contributed by atoms with E-state index in [1.54, 1.807) is 11.0 Å². The van der Waals surface area contributed by atoms with Crippen molar-refractivity contribution in [1.29, 1.82) is 0 Å². The van der Waals surface area contributed by atoms with E-state index in [0.717, 1.165) is 0 Å². The first-order valence-electron chi connectivity index (χ1n) is 5.07. The molecule has 2 unspecified atom stereocenters. The summed E-state index contributed by atoms with van der Waals surface area (Å²) in [4.78, 5) is 24.1. The number of nitrogens with zero attached hydrogens (tertiary/aromatic N) is 1. The Bertz CT molecular complexity index is 281. The van der Waals surface area contributed by atoms with E-state index >= 15 is 0 Å². The monoisotopic (exact) mass is 210 g/mol. The predicted octanol–water partition coefficient (Wildman–Crippen LogP) is 0.686. The van der Waals surface area contributed by atoms with Crippen LogP contribution in [0.3, 0.4) is 0 Å². The van der Waals surface area contributed by atoms with E-state index in [4.69, 9.17) is 0 Å². The summed E-state index contributed by atoms with van der Waals surface area (Å²) in [6, 6.07) is -0.389. The molecular weight excluding hydrogens is 192 g/mol. The first-order chi connectivity index (χ1) is 6.91. The molecule has 0 aromatic heterocycles. The third kappa shape index (κ3) is 2.19. The van der Waals surface area contributed by atoms with E-state index < -0.39 is 6.04 Å². The van der Waals surface area contributed by atoms with Crippen LogP contribution in [0.15, 0.2) is 12.7 Å². The molecule has 1 rings (SSSR count). The second-order valence-electron chi connectivity index (χ2n) is 4.75. The quantitative estimate of drug-likeness (QED) is 0.550. The van der Waals surface area contributed by atoms with Crippen LogP contribution in [0.25, 0.3) is 0 Å². The average Bonchev–Trinajstić information content (AvgIpc) is 2.43. The Morgan fingerprint density at radius 1 is 1.53 bits per heavy atom. The Hall–Kier alpha value is -1.32. The lowest BCUT2D eigenvalue weighted by molar-refractivity contribution is -0.135. The Balaban J connectivity index is 2.90. The van der Waals surface area contributed by atoms with Crippen molar-refractivity contribution in [3.63, 3.8) is 0 Å². The topological polar surface area (TPSA) is 49.4 Å². The van der Waals surface area contributed by atoms with E-state index in [1.807, 2.05) is 20.8 Å². The Kier molecular flexibility index (Phi) is 3.17. The molecule has 1 aliphatic rings. The first kappa shape index (κ1) is 11.8. The molecule has 84 valence electrons. The molecule has 1 fully saturated rings. The smallest absolute Gasteiger partial charge is 0.246 e. The van der Waals surface area contributed by atoms with Gasteiger partial charge in [-0.15, -0.1) is 6.58 Å². The number of carbonyl (C=O) groups excluding carboxylic acids is 2. The van der Waals surface area contributed by atoms with Gasteiger partial charge in [-0.25, -0.2) is 0 Å². The van der Waals surface area contributed by atoms with Crippen LogP contribution in [0, 0.1) is 0 Å². The van der Waals surface area contributed by atoms with Crippen molar-refractivity contribution >= 4 is 12.3 Å². The summed E-state index contributed by atoms with van der Waals surface area (Å²) in [6.45, 7) is 9.66. The third-order valence-corrected chi connectivity index (χ3v) is 2.61. The Morgan fingerprint density at radius 2 is 2.13 bits per heavy atom. The number of nitrogens with one attached hydrogen (secondary N) is 1. The summed E-state index contributed by atoms with van der Waals surface area (Å²) in [6.07, 6.45) is 2.95. The number of hydrogen-bond donors (Lipinski definition) is 1. The largest absolute Gasteiger partial charge is 0.347 e. The predicted molar refractivity (Wildman–Crippen MR) is 58.2 cm³/mol. The lowest BCUT2D eigenvalue weighted by Gasteiger charge is -2.35. The minimum atomic E-state index is -0.398. The number of amides is 2. The maximum absolute atomic E-state index is 12.0. The fourth-order valence-electron chi connectivity index (χ4n) is 2.03. The van der Waals surface area contributed by atoms with Crippen molar-refractivity contribution in [2.24, 2.45) is 0 Å². The molecule has 0 saturated carbocycles. The summed E-state index contributed by atoms with van der Waals surface area (Å²) < 4.78 is 0. The van der Waals surface area contributed by atoms with Crippen LogP contribution in [0.1, 0.15) is 27.2 Å². The van der Waals surface area contributed by atoms with E-state index in [0.29, 0.717) is 12.8 Å². The van der Waals surface area contributed by atoms with Crippen molar-refractivity contribution in [2.75, 3.05) is 0 Å². The maximum atomic E-state index is 12.0. The summed E-state index contributed by atoms with van der Waals surface area (Å²) >= 11 is 0. The molecule has 1 saturated heterocycles. The van der Waals surface area contributed by atoms with Gasteiger partial charge in [0.05, 0.1) is 6.04 Å². The van der Waals surface area contributed by atoms with E-state index in [2.05, 4.69) is 11.9 Å². The SMILES string of the molecule is C=CC1CC(NC=O)C(=O)N1C(C)(C)C. The van der Waals surface area contributed by atoms with Crippen LogP contribution in [-0.2, 0) is 9.59 Å². The molecule has 1 N–H and O–H groups in total. The molecule has 0 aromatic carbocycles. The normalized spacial score (nSPS) is 26.6. The lowest BCUT2D eigenvalue weighted by Crippen LogP contribution is -2.48. The van der Waals surface area contributed by atoms with E-state index in [-0.39, 0.29) is 17.5 Å². The lowest BCUT2D eigenvalue weighted by atomic mass is 10.0. The Morgan fingerprint density at radius 3 is 2.47 bits per heavy atom. The van der Waals surface area contributed by atoms with Crippen LogP contribution in [0.4, 0.5) is 0 Å². The molecule has 15 heavy (non-hydrogen) atoms. The zero-order chi connectivity index (χ0) is 11.6. The van der Waals surface area contributed by atoms with E-state index in [9.17, 15) is 9.59 Å². The van der Waals surface area contributed by atoms with Gasteiger partial charge in [-0.3, -0.25) is 9.59 Å². The number of rotatable bonds is 3. The average molecular weight is 210 g/mol. The van der Waals surface area contributed by atoms with Crippen molar-refractivity contribution in [3.8, 4) is 0 Å². The first-order valence-corrected chi connectivity index (χ1v) is 5.07. The highest BCUT2D eigenvalue weighted by Gasteiger charge is 2.42. The number of hydrogen-bond acceptors (Lipinski definition) is 2. The molecule has 0 aliphatic carbocycles. The van der Waals surface area contributed by atoms with Gasteiger partial charge in [-0.1, -0.05) is 6.08 Å². The fourth-order valence-corrected chi connectivity index (χ4v) is 2.03. The molecule has 4 nitrogen and oxygen atoms in total. The maximum Gasteiger partial charge on any atom is 0.246 e. The van der Waals surface area contributed by atoms with Gasteiger partial charge < -0.3 is 10.2 Å². The molecule has 0 spiro atoms. The van der Waals surface area contributed by atoms with Crippen LogP contribution in [0.5, 0.6) is 0 Å². The standard InChI is InChI=1S/C11H18N2O2/c1-5-8-6-9(12-7-14)10(15)13(8)11(2,3)4/h5,7-9H,1,6H2,2-4H3,(H,12,14). The highest BCUT2D eigenvalue weighted by molar-refractivity contribution is 5.87. The fraction of sp³-hybridized carbons (Fsp3) is 0.636. The van der Waals surface area contributed by atoms with Gasteiger partial charge in [0.2, 0.25) is 12.3 Å². The second kappa shape index (κ2) is 4.04. The molecule has 2 atom stereocenters. The van der Waals surface area contributed by atoms with Gasteiger partial charge in [0.25, 0.3) is 0 Å². The van der Waals surface area contributed by atoms with Gasteiger partial charge >= 0.3 is 0 Å². The number of likely N-dealkylation sites (tertiary alicyclic amines) is 1. The highest BCUT2D eigenvalue weighted by Crippen LogP contribution is 2.28. The molecule has 0 aromatic rings. The van der Waals surface area contributed by atoms with Gasteiger partial charge in [0.15, 0.2) is 0 Å². The van der Waals surface area contributed by atoms with Gasteiger partial charge in [-0.2, -0.15) is 0 Å². The van der Waals surface area contributed by atoms with Gasteiger partial charge in [0, 0.05) is 12.0 Å². The molecule has 1 heterocycles. The molecule has 0 radical (unpaired) electrons. The molecule has 2 amide bonds. The zero-order valence-corrected chi connectivity index (χ0v) is 9.49. The highest BCUT2D eigenvalue weighted by atomic mass is 16.2. The van der Waals surface area contributed by atoms with Gasteiger partial charge in [-0.05, 0) is 20.8 Å². The van der Waals surface area contributed by atoms with E-state index in [1.165, 1.54) is 0 Å². The van der Waals surface area contributed by atoms with Crippen molar-refractivity contribution in [3.05, 3.63) is 12.7 Å². The molecular formula is C11H18N2O2. The Labute approximate surface area is 90.3 Å².